The highest BCUT2D eigenvalue weighted by atomic mass is 16.5. The molecule has 1 saturated heterocycles. The van der Waals surface area contributed by atoms with E-state index in [4.69, 9.17) is 4.52 Å². The summed E-state index contributed by atoms with van der Waals surface area (Å²) in [5.74, 6) is 1.64. The average molecular weight is 211 g/mol. The van der Waals surface area contributed by atoms with Gasteiger partial charge in [0.25, 0.3) is 0 Å². The predicted octanol–water partition coefficient (Wildman–Crippen LogP) is 0.617. The Morgan fingerprint density at radius 1 is 1.67 bits per heavy atom. The summed E-state index contributed by atoms with van der Waals surface area (Å²) in [6, 6.07) is 0. The highest BCUT2D eigenvalue weighted by Crippen LogP contribution is 2.19. The van der Waals surface area contributed by atoms with E-state index < -0.39 is 6.10 Å². The van der Waals surface area contributed by atoms with Crippen molar-refractivity contribution in [3.63, 3.8) is 0 Å². The molecular formula is C10H17N3O2. The molecule has 1 N–H and O–H groups in total. The molecule has 15 heavy (non-hydrogen) atoms. The number of aliphatic hydroxyl groups excluding tert-OH is 1. The molecule has 1 aromatic rings. The molecule has 0 aliphatic carbocycles. The summed E-state index contributed by atoms with van der Waals surface area (Å²) in [6.45, 7) is 3.87. The van der Waals surface area contributed by atoms with Crippen LogP contribution in [0, 0.1) is 5.92 Å². The second-order valence-electron chi connectivity index (χ2n) is 4.34. The minimum Gasteiger partial charge on any atom is -0.385 e. The lowest BCUT2D eigenvalue weighted by Gasteiger charge is -2.06. The summed E-state index contributed by atoms with van der Waals surface area (Å²) in [7, 11) is 2.12. The minimum atomic E-state index is -0.645. The summed E-state index contributed by atoms with van der Waals surface area (Å²) in [5, 5.41) is 13.0. The first kappa shape index (κ1) is 10.6. The number of hydrogen-bond acceptors (Lipinski definition) is 5. The molecule has 0 saturated carbocycles. The van der Waals surface area contributed by atoms with E-state index in [-0.39, 0.29) is 0 Å². The largest absolute Gasteiger partial charge is 0.385 e. The van der Waals surface area contributed by atoms with Crippen LogP contribution in [0.4, 0.5) is 0 Å². The molecule has 0 radical (unpaired) electrons. The monoisotopic (exact) mass is 211 g/mol. The zero-order chi connectivity index (χ0) is 10.8. The number of aromatic nitrogens is 2. The van der Waals surface area contributed by atoms with E-state index in [0.717, 1.165) is 19.5 Å². The van der Waals surface area contributed by atoms with Crippen LogP contribution in [-0.2, 0) is 6.42 Å². The SMILES string of the molecule is CC(O)c1noc(CC2CCN(C)C2)n1. The number of aliphatic hydroxyl groups is 1. The minimum absolute atomic E-state index is 0.386. The third kappa shape index (κ3) is 2.54. The van der Waals surface area contributed by atoms with Crippen molar-refractivity contribution in [1.29, 1.82) is 0 Å². The van der Waals surface area contributed by atoms with E-state index in [1.54, 1.807) is 6.92 Å². The Morgan fingerprint density at radius 3 is 3.00 bits per heavy atom. The van der Waals surface area contributed by atoms with Gasteiger partial charge in [-0.25, -0.2) is 0 Å². The van der Waals surface area contributed by atoms with Gasteiger partial charge in [0, 0.05) is 13.0 Å². The van der Waals surface area contributed by atoms with Crippen LogP contribution in [0.3, 0.4) is 0 Å². The zero-order valence-electron chi connectivity index (χ0n) is 9.18. The van der Waals surface area contributed by atoms with E-state index in [9.17, 15) is 5.11 Å². The summed E-state index contributed by atoms with van der Waals surface area (Å²) in [4.78, 5) is 6.45. The van der Waals surface area contributed by atoms with Crippen LogP contribution in [0.5, 0.6) is 0 Å². The van der Waals surface area contributed by atoms with E-state index in [1.165, 1.54) is 6.42 Å². The third-order valence-corrected chi connectivity index (χ3v) is 2.81. The van der Waals surface area contributed by atoms with Crippen molar-refractivity contribution < 1.29 is 9.63 Å². The first-order chi connectivity index (χ1) is 7.15. The fourth-order valence-corrected chi connectivity index (χ4v) is 1.96. The smallest absolute Gasteiger partial charge is 0.227 e. The van der Waals surface area contributed by atoms with Crippen LogP contribution in [0.15, 0.2) is 4.52 Å². The first-order valence-electron chi connectivity index (χ1n) is 5.34. The van der Waals surface area contributed by atoms with Gasteiger partial charge in [0.1, 0.15) is 6.10 Å². The van der Waals surface area contributed by atoms with Crippen molar-refractivity contribution in [3.05, 3.63) is 11.7 Å². The van der Waals surface area contributed by atoms with Gasteiger partial charge in [0.05, 0.1) is 0 Å². The van der Waals surface area contributed by atoms with Gasteiger partial charge in [-0.05, 0) is 32.9 Å². The van der Waals surface area contributed by atoms with Gasteiger partial charge in [0.15, 0.2) is 5.82 Å². The standard InChI is InChI=1S/C10H17N3O2/c1-7(14)10-11-9(15-12-10)5-8-3-4-13(2)6-8/h7-8,14H,3-6H2,1-2H3. The maximum atomic E-state index is 9.25. The number of nitrogens with zero attached hydrogens (tertiary/aromatic N) is 3. The molecule has 0 spiro atoms. The molecule has 0 bridgehead atoms. The van der Waals surface area contributed by atoms with Crippen molar-refractivity contribution in [1.82, 2.24) is 15.0 Å². The van der Waals surface area contributed by atoms with Crippen molar-refractivity contribution in [2.24, 2.45) is 5.92 Å². The van der Waals surface area contributed by atoms with Crippen LogP contribution < -0.4 is 0 Å². The van der Waals surface area contributed by atoms with Gasteiger partial charge in [-0.1, -0.05) is 5.16 Å². The summed E-state index contributed by atoms with van der Waals surface area (Å²) in [5.41, 5.74) is 0. The molecular weight excluding hydrogens is 194 g/mol. The fourth-order valence-electron chi connectivity index (χ4n) is 1.96. The lowest BCUT2D eigenvalue weighted by atomic mass is 10.1. The molecule has 1 aromatic heterocycles. The average Bonchev–Trinajstić information content (AvgIpc) is 2.76. The Labute approximate surface area is 89.1 Å². The predicted molar refractivity (Wildman–Crippen MR) is 54.2 cm³/mol. The Morgan fingerprint density at radius 2 is 2.47 bits per heavy atom. The summed E-state index contributed by atoms with van der Waals surface area (Å²) < 4.78 is 5.08. The lowest BCUT2D eigenvalue weighted by Crippen LogP contribution is -2.15. The van der Waals surface area contributed by atoms with E-state index >= 15 is 0 Å². The van der Waals surface area contributed by atoms with E-state index in [0.29, 0.717) is 17.6 Å². The molecule has 1 aliphatic rings. The molecule has 2 rings (SSSR count). The Hall–Kier alpha value is -0.940. The molecule has 1 fully saturated rings. The summed E-state index contributed by atoms with van der Waals surface area (Å²) >= 11 is 0. The van der Waals surface area contributed by atoms with Crippen molar-refractivity contribution in [2.75, 3.05) is 20.1 Å². The van der Waals surface area contributed by atoms with Crippen LogP contribution >= 0.6 is 0 Å². The normalized spacial score (nSPS) is 24.6. The van der Waals surface area contributed by atoms with E-state index in [1.807, 2.05) is 0 Å². The second-order valence-corrected chi connectivity index (χ2v) is 4.34. The van der Waals surface area contributed by atoms with Crippen molar-refractivity contribution in [2.45, 2.75) is 25.9 Å². The Kier molecular flexibility index (Phi) is 3.02. The summed E-state index contributed by atoms with van der Waals surface area (Å²) in [6.07, 6.45) is 1.36. The lowest BCUT2D eigenvalue weighted by molar-refractivity contribution is 0.184. The molecule has 0 aromatic carbocycles. The van der Waals surface area contributed by atoms with Gasteiger partial charge >= 0.3 is 0 Å². The van der Waals surface area contributed by atoms with Gasteiger partial charge in [-0.3, -0.25) is 0 Å². The Balaban J connectivity index is 1.93. The fraction of sp³-hybridized carbons (Fsp3) is 0.800. The topological polar surface area (TPSA) is 62.4 Å². The number of likely N-dealkylation sites (tertiary alicyclic amines) is 1. The van der Waals surface area contributed by atoms with E-state index in [2.05, 4.69) is 22.1 Å². The highest BCUT2D eigenvalue weighted by molar-refractivity contribution is 4.91. The molecule has 5 heteroatoms. The molecule has 2 atom stereocenters. The third-order valence-electron chi connectivity index (χ3n) is 2.81. The molecule has 2 unspecified atom stereocenters. The van der Waals surface area contributed by atoms with Gasteiger partial charge in [-0.2, -0.15) is 4.98 Å². The Bertz CT molecular complexity index is 324. The van der Waals surface area contributed by atoms with Gasteiger partial charge < -0.3 is 14.5 Å². The number of rotatable bonds is 3. The van der Waals surface area contributed by atoms with Crippen molar-refractivity contribution in [3.8, 4) is 0 Å². The quantitative estimate of drug-likeness (QED) is 0.794. The molecule has 0 amide bonds. The molecule has 1 aliphatic heterocycles. The molecule has 2 heterocycles. The zero-order valence-corrected chi connectivity index (χ0v) is 9.18. The van der Waals surface area contributed by atoms with Crippen LogP contribution in [0.2, 0.25) is 0 Å². The molecule has 5 nitrogen and oxygen atoms in total. The maximum absolute atomic E-state index is 9.25. The van der Waals surface area contributed by atoms with Crippen LogP contribution in [0.25, 0.3) is 0 Å². The molecule has 84 valence electrons. The van der Waals surface area contributed by atoms with Crippen LogP contribution in [0.1, 0.15) is 31.2 Å². The number of hydrogen-bond donors (Lipinski definition) is 1. The van der Waals surface area contributed by atoms with Crippen molar-refractivity contribution >= 4 is 0 Å². The van der Waals surface area contributed by atoms with Gasteiger partial charge in [0.2, 0.25) is 5.89 Å². The second kappa shape index (κ2) is 4.28. The van der Waals surface area contributed by atoms with Crippen LogP contribution in [-0.4, -0.2) is 40.3 Å². The maximum Gasteiger partial charge on any atom is 0.227 e. The van der Waals surface area contributed by atoms with Gasteiger partial charge in [-0.15, -0.1) is 0 Å². The first-order valence-corrected chi connectivity index (χ1v) is 5.34. The highest BCUT2D eigenvalue weighted by Gasteiger charge is 2.22.